The average Bonchev–Trinajstić information content (AvgIpc) is 3.72. The third kappa shape index (κ3) is 9.76. The predicted molar refractivity (Wildman–Crippen MR) is 277 cm³/mol. The molecule has 7 fully saturated rings. The number of aliphatic hydroxyl groups is 11. The number of carboxylic acids is 1. The summed E-state index contributed by atoms with van der Waals surface area (Å²) in [6.45, 7) is 18.4. The van der Waals surface area contributed by atoms with Crippen LogP contribution in [0.3, 0.4) is 0 Å². The summed E-state index contributed by atoms with van der Waals surface area (Å²) in [6.07, 6.45) is -24.0. The second kappa shape index (κ2) is 22.7. The maximum atomic E-state index is 13.9. The van der Waals surface area contributed by atoms with Crippen molar-refractivity contribution in [1.29, 1.82) is 0 Å². The fraction of sp³-hybridized carbons (Fsp3) is 0.842. The third-order valence-electron chi connectivity index (χ3n) is 21.4. The largest absolute Gasteiger partial charge is 0.479 e. The van der Waals surface area contributed by atoms with Crippen LogP contribution in [0.25, 0.3) is 0 Å². The van der Waals surface area contributed by atoms with Crippen molar-refractivity contribution in [2.24, 2.45) is 50.2 Å². The van der Waals surface area contributed by atoms with Crippen molar-refractivity contribution in [3.05, 3.63) is 34.9 Å². The van der Waals surface area contributed by atoms with E-state index in [0.717, 1.165) is 5.57 Å². The summed E-state index contributed by atoms with van der Waals surface area (Å²) in [4.78, 5) is 40.3. The van der Waals surface area contributed by atoms with Crippen LogP contribution in [-0.4, -0.2) is 216 Å². The Morgan fingerprint density at radius 2 is 1.18 bits per heavy atom. The maximum Gasteiger partial charge on any atom is 0.335 e. The Bertz CT molecular complexity index is 2390. The minimum Gasteiger partial charge on any atom is -0.479 e. The maximum absolute atomic E-state index is 13.9. The molecule has 4 saturated carbocycles. The van der Waals surface area contributed by atoms with Crippen LogP contribution < -0.4 is 0 Å². The first-order chi connectivity index (χ1) is 37.3. The van der Waals surface area contributed by atoms with Crippen molar-refractivity contribution in [2.45, 2.75) is 231 Å². The topological polar surface area (TPSA) is 368 Å². The second-order valence-corrected chi connectivity index (χ2v) is 26.0. The van der Waals surface area contributed by atoms with E-state index in [4.69, 9.17) is 37.9 Å². The number of hydrogen-bond acceptors (Lipinski definition) is 22. The van der Waals surface area contributed by atoms with Gasteiger partial charge in [-0.2, -0.15) is 0 Å². The van der Waals surface area contributed by atoms with Gasteiger partial charge in [0.15, 0.2) is 31.1 Å². The van der Waals surface area contributed by atoms with Gasteiger partial charge in [0.05, 0.1) is 43.5 Å². The fourth-order valence-corrected chi connectivity index (χ4v) is 16.2. The van der Waals surface area contributed by atoms with E-state index in [9.17, 15) is 75.7 Å². The smallest absolute Gasteiger partial charge is 0.335 e. The van der Waals surface area contributed by atoms with E-state index in [-0.39, 0.29) is 23.8 Å². The van der Waals surface area contributed by atoms with Gasteiger partial charge in [0, 0.05) is 22.0 Å². The van der Waals surface area contributed by atoms with Crippen LogP contribution in [0.5, 0.6) is 0 Å². The molecule has 5 aliphatic carbocycles. The van der Waals surface area contributed by atoms with Crippen molar-refractivity contribution in [3.8, 4) is 0 Å². The lowest BCUT2D eigenvalue weighted by atomic mass is 9.32. The Hall–Kier alpha value is -3.05. The van der Waals surface area contributed by atoms with E-state index < -0.39 is 193 Å². The van der Waals surface area contributed by atoms with Gasteiger partial charge in [0.25, 0.3) is 0 Å². The molecule has 23 heteroatoms. The van der Waals surface area contributed by atoms with Crippen LogP contribution in [0.15, 0.2) is 34.9 Å². The van der Waals surface area contributed by atoms with Gasteiger partial charge >= 0.3 is 17.9 Å². The minimum absolute atomic E-state index is 0.153. The normalized spacial score (nSPS) is 49.0. The van der Waals surface area contributed by atoms with E-state index in [0.29, 0.717) is 37.7 Å². The molecule has 0 aromatic heterocycles. The molecule has 0 amide bonds. The highest BCUT2D eigenvalue weighted by molar-refractivity contribution is 5.89. The van der Waals surface area contributed by atoms with E-state index in [1.807, 2.05) is 34.6 Å². The molecular weight excluding hydrogens is 1050 g/mol. The summed E-state index contributed by atoms with van der Waals surface area (Å²) >= 11 is 0. The monoisotopic (exact) mass is 1140 g/mol. The number of rotatable bonds is 14. The molecule has 80 heavy (non-hydrogen) atoms. The van der Waals surface area contributed by atoms with Crippen LogP contribution in [0.2, 0.25) is 0 Å². The molecule has 23 nitrogen and oxygen atoms in total. The van der Waals surface area contributed by atoms with Gasteiger partial charge in [0.1, 0.15) is 67.1 Å². The first kappa shape index (κ1) is 63.0. The molecule has 0 spiro atoms. The molecule has 454 valence electrons. The van der Waals surface area contributed by atoms with Crippen LogP contribution in [0.1, 0.15) is 115 Å². The van der Waals surface area contributed by atoms with Crippen molar-refractivity contribution in [1.82, 2.24) is 0 Å². The number of aliphatic hydroxyl groups excluding tert-OH is 11. The number of esters is 2. The molecule has 3 aliphatic heterocycles. The third-order valence-corrected chi connectivity index (χ3v) is 21.4. The molecule has 8 rings (SSSR count). The molecule has 8 unspecified atom stereocenters. The SMILES string of the molecule is C/C=C(/C)C(=O)O[C@H]1[C@H](OC(=O)/C(C)=C\C)[C@@]2(CO)C(CC1(C)C)C1=CCC3[C@@]4(C)CC[C@H](O[C@@H]5OC(C(=O)O)[C@H](O)[C@H](O[C@@H]6O[C@H](CO)C(O)[C@@H]6O)C5O[C@@H]5OC(CO)[C@H](O)[C@H](O)C5O)C(C)(C)C4CC[C@@]3(C)[C@]1(C)[C@@H](O)[C@H]2O. The first-order valence-corrected chi connectivity index (χ1v) is 28.1. The van der Waals surface area contributed by atoms with Crippen LogP contribution in [-0.2, 0) is 52.3 Å². The number of fused-ring (bicyclic) bond motifs is 7. The molecule has 3 heterocycles. The Labute approximate surface area is 466 Å². The summed E-state index contributed by atoms with van der Waals surface area (Å²) in [5, 5.41) is 134. The Balaban J connectivity index is 1.14. The van der Waals surface area contributed by atoms with Gasteiger partial charge in [-0.05, 0) is 100 Å². The molecule has 12 N–H and O–H groups in total. The molecule has 26 atom stereocenters. The van der Waals surface area contributed by atoms with Crippen LogP contribution in [0.4, 0.5) is 0 Å². The van der Waals surface area contributed by atoms with Gasteiger partial charge in [-0.3, -0.25) is 0 Å². The highest BCUT2D eigenvalue weighted by atomic mass is 16.8. The molecular formula is C57H88O23. The molecule has 0 radical (unpaired) electrons. The molecule has 0 bridgehead atoms. The van der Waals surface area contributed by atoms with Gasteiger partial charge in [-0.25, -0.2) is 14.4 Å². The Morgan fingerprint density at radius 3 is 1.71 bits per heavy atom. The molecule has 8 aliphatic rings. The standard InChI is InChI=1S/C57H88O23/c1-12-24(3)47(71)79-44-45(80-48(72)25(4)13-2)57(23-60)27(20-52(44,5)6)26-14-15-31-54(9)18-17-32(53(7,8)30(54)16-19-55(31,10)56(26,11)42(67)43(57)68)75-51-41(78-50-37(65)35(63)33(61)28(21-58)73-50)39(38(66)40(77-51)46(69)70)76-49-36(64)34(62)29(22-59)74-49/h12-14,27-45,49-51,58-68H,15-23H2,1-11H3,(H,69,70)/b24-12-,25-13-/t27?,28?,29-,30?,31?,32+,33+,34?,35+,36+,37?,38-,39+,40?,41?,42+,43-,44+,45+,49+,50+,51-,54+,55-,56+,57+/m1/s1. The average molecular weight is 1140 g/mol. The summed E-state index contributed by atoms with van der Waals surface area (Å²) < 4.78 is 49.0. The van der Waals surface area contributed by atoms with Crippen molar-refractivity contribution in [2.75, 3.05) is 19.8 Å². The van der Waals surface area contributed by atoms with E-state index in [2.05, 4.69) is 19.9 Å². The summed E-state index contributed by atoms with van der Waals surface area (Å²) in [5.74, 6) is -4.01. The van der Waals surface area contributed by atoms with E-state index >= 15 is 0 Å². The Kier molecular flexibility index (Phi) is 17.9. The van der Waals surface area contributed by atoms with Gasteiger partial charge in [0.2, 0.25) is 0 Å². The van der Waals surface area contributed by atoms with Gasteiger partial charge in [-0.15, -0.1) is 0 Å². The lowest BCUT2D eigenvalue weighted by molar-refractivity contribution is -0.386. The summed E-state index contributed by atoms with van der Waals surface area (Å²) in [7, 11) is 0. The fourth-order valence-electron chi connectivity index (χ4n) is 16.2. The van der Waals surface area contributed by atoms with Crippen LogP contribution >= 0.6 is 0 Å². The number of allylic oxidation sites excluding steroid dienone is 3. The number of carbonyl (C=O) groups excluding carboxylic acids is 2. The molecule has 0 aromatic carbocycles. The summed E-state index contributed by atoms with van der Waals surface area (Å²) in [5.41, 5.74) is -4.40. The zero-order valence-corrected chi connectivity index (χ0v) is 47.7. The van der Waals surface area contributed by atoms with Crippen LogP contribution in [0, 0.1) is 50.2 Å². The zero-order valence-electron chi connectivity index (χ0n) is 47.7. The quantitative estimate of drug-likeness (QED) is 0.0480. The number of hydrogen-bond donors (Lipinski definition) is 12. The predicted octanol–water partition coefficient (Wildman–Crippen LogP) is 0.263. The minimum atomic E-state index is -2.13. The number of carboxylic acid groups (broad SMARTS) is 1. The molecule has 3 saturated heterocycles. The highest BCUT2D eigenvalue weighted by Gasteiger charge is 2.76. The second-order valence-electron chi connectivity index (χ2n) is 26.0. The van der Waals surface area contributed by atoms with Crippen molar-refractivity contribution in [3.63, 3.8) is 0 Å². The number of carbonyl (C=O) groups is 3. The van der Waals surface area contributed by atoms with Gasteiger partial charge in [-0.1, -0.05) is 72.3 Å². The lowest BCUT2D eigenvalue weighted by Crippen LogP contribution is -2.76. The highest BCUT2D eigenvalue weighted by Crippen LogP contribution is 2.76. The number of aliphatic carboxylic acids is 1. The van der Waals surface area contributed by atoms with Crippen molar-refractivity contribution < 1.29 is 114 Å². The first-order valence-electron chi connectivity index (χ1n) is 28.1. The van der Waals surface area contributed by atoms with E-state index in [1.54, 1.807) is 39.8 Å². The number of ether oxygens (including phenoxy) is 8. The molecule has 0 aromatic rings. The van der Waals surface area contributed by atoms with Crippen molar-refractivity contribution >= 4 is 17.9 Å². The lowest BCUT2D eigenvalue weighted by Gasteiger charge is -2.73. The van der Waals surface area contributed by atoms with E-state index in [1.165, 1.54) is 0 Å². The zero-order chi connectivity index (χ0) is 59.3. The van der Waals surface area contributed by atoms with Gasteiger partial charge < -0.3 is 99.2 Å². The summed E-state index contributed by atoms with van der Waals surface area (Å²) in [6, 6.07) is 0. The Morgan fingerprint density at radius 1 is 0.637 bits per heavy atom.